The van der Waals surface area contributed by atoms with E-state index in [0.29, 0.717) is 49.3 Å². The highest BCUT2D eigenvalue weighted by molar-refractivity contribution is 7.89. The van der Waals surface area contributed by atoms with Gasteiger partial charge in [-0.05, 0) is 64.5 Å². The maximum atomic E-state index is 13.1. The Labute approximate surface area is 186 Å². The minimum Gasteiger partial charge on any atom is -0.360 e. The molecule has 8 nitrogen and oxygen atoms in total. The Bertz CT molecular complexity index is 839. The van der Waals surface area contributed by atoms with Crippen molar-refractivity contribution in [2.75, 3.05) is 32.7 Å². The SMILES string of the molecule is Cc1noc(C)c1S(=O)(=O)N1CCCC(C(=O)NCC(C(C)C)N2CCC(C)CC2)C1. The lowest BCUT2D eigenvalue weighted by atomic mass is 9.94. The fraction of sp³-hybridized carbons (Fsp3) is 0.818. The minimum absolute atomic E-state index is 0.0466. The quantitative estimate of drug-likeness (QED) is 0.680. The lowest BCUT2D eigenvalue weighted by molar-refractivity contribution is -0.126. The van der Waals surface area contributed by atoms with Crippen LogP contribution in [-0.2, 0) is 14.8 Å². The fourth-order valence-electron chi connectivity index (χ4n) is 4.84. The number of aromatic nitrogens is 1. The van der Waals surface area contributed by atoms with Crippen LogP contribution >= 0.6 is 0 Å². The van der Waals surface area contributed by atoms with Gasteiger partial charge in [-0.1, -0.05) is 25.9 Å². The zero-order valence-electron chi connectivity index (χ0n) is 19.6. The molecule has 0 aromatic carbocycles. The fourth-order valence-corrected chi connectivity index (χ4v) is 6.66. The standard InChI is InChI=1S/C22H38N4O4S/c1-15(2)20(25-11-8-16(3)9-12-25)13-23-22(27)19-7-6-10-26(14-19)31(28,29)21-17(4)24-30-18(21)5/h15-16,19-20H,6-14H2,1-5H3,(H,23,27). The first kappa shape index (κ1) is 24.2. The summed E-state index contributed by atoms with van der Waals surface area (Å²) in [6, 6.07) is 0.308. The molecule has 1 amide bonds. The molecular weight excluding hydrogens is 416 g/mol. The Morgan fingerprint density at radius 1 is 1.19 bits per heavy atom. The van der Waals surface area contributed by atoms with Crippen molar-refractivity contribution in [2.45, 2.75) is 71.2 Å². The third-order valence-electron chi connectivity index (χ3n) is 6.86. The van der Waals surface area contributed by atoms with Crippen molar-refractivity contribution in [3.05, 3.63) is 11.5 Å². The van der Waals surface area contributed by atoms with Gasteiger partial charge in [0, 0.05) is 25.7 Å². The van der Waals surface area contributed by atoms with Gasteiger partial charge in [0.25, 0.3) is 0 Å². The molecule has 0 spiro atoms. The minimum atomic E-state index is -3.72. The third-order valence-corrected chi connectivity index (χ3v) is 8.97. The summed E-state index contributed by atoms with van der Waals surface area (Å²) in [4.78, 5) is 15.6. The van der Waals surface area contributed by atoms with Gasteiger partial charge in [0.2, 0.25) is 15.9 Å². The topological polar surface area (TPSA) is 95.8 Å². The number of sulfonamides is 1. The van der Waals surface area contributed by atoms with Crippen LogP contribution in [0, 0.1) is 31.6 Å². The van der Waals surface area contributed by atoms with Crippen molar-refractivity contribution < 1.29 is 17.7 Å². The van der Waals surface area contributed by atoms with Gasteiger partial charge in [0.1, 0.15) is 10.6 Å². The summed E-state index contributed by atoms with van der Waals surface area (Å²) in [5.74, 6) is 1.12. The zero-order chi connectivity index (χ0) is 22.8. The number of carbonyl (C=O) groups excluding carboxylic acids is 1. The molecule has 2 atom stereocenters. The molecule has 0 bridgehead atoms. The van der Waals surface area contributed by atoms with E-state index in [2.05, 4.69) is 36.1 Å². The number of likely N-dealkylation sites (tertiary alicyclic amines) is 1. The highest BCUT2D eigenvalue weighted by Crippen LogP contribution is 2.28. The van der Waals surface area contributed by atoms with E-state index in [1.54, 1.807) is 13.8 Å². The smallest absolute Gasteiger partial charge is 0.248 e. The number of hydrogen-bond donors (Lipinski definition) is 1. The zero-order valence-corrected chi connectivity index (χ0v) is 20.4. The van der Waals surface area contributed by atoms with Gasteiger partial charge in [0.15, 0.2) is 5.76 Å². The molecule has 31 heavy (non-hydrogen) atoms. The van der Waals surface area contributed by atoms with Crippen molar-refractivity contribution in [2.24, 2.45) is 17.8 Å². The number of amides is 1. The summed E-state index contributed by atoms with van der Waals surface area (Å²) in [6.45, 7) is 13.3. The van der Waals surface area contributed by atoms with Gasteiger partial charge in [-0.25, -0.2) is 8.42 Å². The number of piperidine rings is 2. The first-order chi connectivity index (χ1) is 14.6. The second-order valence-corrected chi connectivity index (χ2v) is 11.5. The van der Waals surface area contributed by atoms with Crippen LogP contribution in [0.3, 0.4) is 0 Å². The van der Waals surface area contributed by atoms with Gasteiger partial charge in [0.05, 0.1) is 5.92 Å². The van der Waals surface area contributed by atoms with Gasteiger partial charge in [-0.2, -0.15) is 4.31 Å². The van der Waals surface area contributed by atoms with Crippen molar-refractivity contribution in [1.82, 2.24) is 19.7 Å². The molecule has 9 heteroatoms. The molecule has 1 aromatic rings. The van der Waals surface area contributed by atoms with Gasteiger partial charge in [-0.3, -0.25) is 9.69 Å². The summed E-state index contributed by atoms with van der Waals surface area (Å²) in [6.07, 6.45) is 3.77. The van der Waals surface area contributed by atoms with E-state index in [4.69, 9.17) is 4.52 Å². The number of nitrogens with zero attached hydrogens (tertiary/aromatic N) is 3. The Morgan fingerprint density at radius 3 is 2.45 bits per heavy atom. The van der Waals surface area contributed by atoms with E-state index in [1.807, 2.05) is 0 Å². The van der Waals surface area contributed by atoms with Crippen molar-refractivity contribution >= 4 is 15.9 Å². The second kappa shape index (κ2) is 10.0. The van der Waals surface area contributed by atoms with Crippen LogP contribution < -0.4 is 5.32 Å². The predicted octanol–water partition coefficient (Wildman–Crippen LogP) is 2.56. The monoisotopic (exact) mass is 454 g/mol. The summed E-state index contributed by atoms with van der Waals surface area (Å²) >= 11 is 0. The average Bonchev–Trinajstić information content (AvgIpc) is 3.08. The predicted molar refractivity (Wildman–Crippen MR) is 119 cm³/mol. The molecule has 3 rings (SSSR count). The van der Waals surface area contributed by atoms with Crippen LogP contribution in [0.5, 0.6) is 0 Å². The molecule has 1 N–H and O–H groups in total. The summed E-state index contributed by atoms with van der Waals surface area (Å²) in [7, 11) is -3.72. The second-order valence-electron chi connectivity index (χ2n) is 9.63. The highest BCUT2D eigenvalue weighted by atomic mass is 32.2. The number of carbonyl (C=O) groups is 1. The normalized spacial score (nSPS) is 23.2. The number of hydrogen-bond acceptors (Lipinski definition) is 6. The average molecular weight is 455 g/mol. The number of rotatable bonds is 7. The molecule has 0 radical (unpaired) electrons. The van der Waals surface area contributed by atoms with Crippen LogP contribution in [0.4, 0.5) is 0 Å². The molecular formula is C22H38N4O4S. The van der Waals surface area contributed by atoms with Crippen LogP contribution in [0.2, 0.25) is 0 Å². The molecule has 2 aliphatic heterocycles. The van der Waals surface area contributed by atoms with Crippen LogP contribution in [0.1, 0.15) is 57.9 Å². The van der Waals surface area contributed by atoms with Gasteiger partial charge >= 0.3 is 0 Å². The van der Waals surface area contributed by atoms with Crippen molar-refractivity contribution in [1.29, 1.82) is 0 Å². The first-order valence-electron chi connectivity index (χ1n) is 11.6. The first-order valence-corrected chi connectivity index (χ1v) is 13.0. The Kier molecular flexibility index (Phi) is 7.81. The van der Waals surface area contributed by atoms with E-state index in [-0.39, 0.29) is 23.3 Å². The summed E-state index contributed by atoms with van der Waals surface area (Å²) in [5.41, 5.74) is 0.361. The van der Waals surface area contributed by atoms with Crippen LogP contribution in [0.15, 0.2) is 9.42 Å². The lowest BCUT2D eigenvalue weighted by Gasteiger charge is -2.39. The van der Waals surface area contributed by atoms with Crippen molar-refractivity contribution in [3.8, 4) is 0 Å². The molecule has 2 saturated heterocycles. The van der Waals surface area contributed by atoms with E-state index in [0.717, 1.165) is 19.0 Å². The Hall–Kier alpha value is -1.45. The van der Waals surface area contributed by atoms with E-state index in [9.17, 15) is 13.2 Å². The summed E-state index contributed by atoms with van der Waals surface area (Å²) < 4.78 is 32.7. The Morgan fingerprint density at radius 2 is 1.87 bits per heavy atom. The van der Waals surface area contributed by atoms with E-state index < -0.39 is 10.0 Å². The number of aryl methyl sites for hydroxylation is 2. The molecule has 3 heterocycles. The maximum Gasteiger partial charge on any atom is 0.248 e. The van der Waals surface area contributed by atoms with Crippen LogP contribution in [0.25, 0.3) is 0 Å². The Balaban J connectivity index is 1.61. The van der Waals surface area contributed by atoms with E-state index in [1.165, 1.54) is 17.1 Å². The maximum absolute atomic E-state index is 13.1. The molecule has 2 unspecified atom stereocenters. The molecule has 176 valence electrons. The molecule has 1 aromatic heterocycles. The van der Waals surface area contributed by atoms with Crippen molar-refractivity contribution in [3.63, 3.8) is 0 Å². The van der Waals surface area contributed by atoms with Gasteiger partial charge < -0.3 is 9.84 Å². The lowest BCUT2D eigenvalue weighted by Crippen LogP contribution is -2.52. The molecule has 0 aliphatic carbocycles. The third kappa shape index (κ3) is 5.49. The van der Waals surface area contributed by atoms with E-state index >= 15 is 0 Å². The number of nitrogens with one attached hydrogen (secondary N) is 1. The highest BCUT2D eigenvalue weighted by Gasteiger charge is 2.37. The molecule has 0 saturated carbocycles. The molecule has 2 fully saturated rings. The van der Waals surface area contributed by atoms with Gasteiger partial charge in [-0.15, -0.1) is 0 Å². The largest absolute Gasteiger partial charge is 0.360 e. The summed E-state index contributed by atoms with van der Waals surface area (Å²) in [5, 5.41) is 6.92. The van der Waals surface area contributed by atoms with Crippen LogP contribution in [-0.4, -0.2) is 67.5 Å². The molecule has 2 aliphatic rings.